The van der Waals surface area contributed by atoms with Gasteiger partial charge in [-0.3, -0.25) is 29.4 Å². The average Bonchev–Trinajstić information content (AvgIpc) is 3.14. The Morgan fingerprint density at radius 3 is 0.938 bits per heavy atom. The van der Waals surface area contributed by atoms with Gasteiger partial charge in [0.15, 0.2) is 0 Å². The van der Waals surface area contributed by atoms with Crippen molar-refractivity contribution in [3.63, 3.8) is 0 Å². The minimum atomic E-state index is 0.703. The smallest absolute Gasteiger partial charge is 0.0121 e. The van der Waals surface area contributed by atoms with E-state index < -0.39 is 0 Å². The molecule has 0 N–H and O–H groups in total. The SMILES string of the molecule is CC(C)N1CCN(C2CCC(N3CCN(C(C)CC[C@H](C)N4CCC(N5CCC(N6CCN(C(C)C)CC6)CC5)CC4)CC3)CC2)CC1. The third kappa shape index (κ3) is 9.76. The van der Waals surface area contributed by atoms with Gasteiger partial charge >= 0.3 is 0 Å². The molecule has 0 aromatic carbocycles. The maximum absolute atomic E-state index is 2.88. The van der Waals surface area contributed by atoms with Gasteiger partial charge < -0.3 is 9.80 Å². The summed E-state index contributed by atoms with van der Waals surface area (Å²) in [6.45, 7) is 35.1. The Kier molecular flexibility index (Phi) is 14.0. The molecule has 5 heterocycles. The first-order valence-electron chi connectivity index (χ1n) is 21.2. The molecule has 1 unspecified atom stereocenters. The molecule has 278 valence electrons. The van der Waals surface area contributed by atoms with E-state index in [2.05, 4.69) is 80.7 Å². The molecule has 1 aliphatic carbocycles. The lowest BCUT2D eigenvalue weighted by atomic mass is 9.88. The molecule has 0 bridgehead atoms. The highest BCUT2D eigenvalue weighted by Crippen LogP contribution is 2.29. The van der Waals surface area contributed by atoms with Crippen LogP contribution in [0.15, 0.2) is 0 Å². The minimum Gasteiger partial charge on any atom is -0.301 e. The second-order valence-electron chi connectivity index (χ2n) is 17.7. The predicted octanol–water partition coefficient (Wildman–Crippen LogP) is 4.45. The fourth-order valence-corrected chi connectivity index (χ4v) is 10.7. The molecule has 8 heteroatoms. The monoisotopic (exact) mass is 671 g/mol. The number of piperazine rings is 3. The molecule has 48 heavy (non-hydrogen) atoms. The molecule has 0 spiro atoms. The lowest BCUT2D eigenvalue weighted by Crippen LogP contribution is -2.56. The van der Waals surface area contributed by atoms with Crippen LogP contribution in [0.1, 0.15) is 106 Å². The molecule has 6 fully saturated rings. The van der Waals surface area contributed by atoms with Crippen molar-refractivity contribution < 1.29 is 0 Å². The molecule has 5 saturated heterocycles. The molecule has 8 nitrogen and oxygen atoms in total. The van der Waals surface area contributed by atoms with Crippen molar-refractivity contribution in [1.29, 1.82) is 0 Å². The highest BCUT2D eigenvalue weighted by Gasteiger charge is 2.35. The van der Waals surface area contributed by atoms with Crippen LogP contribution < -0.4 is 0 Å². The Bertz CT molecular complexity index is 824. The van der Waals surface area contributed by atoms with Crippen LogP contribution >= 0.6 is 0 Å². The van der Waals surface area contributed by atoms with Gasteiger partial charge in [-0.25, -0.2) is 0 Å². The van der Waals surface area contributed by atoms with E-state index >= 15 is 0 Å². The summed E-state index contributed by atoms with van der Waals surface area (Å²) in [4.78, 5) is 22.4. The highest BCUT2D eigenvalue weighted by atomic mass is 15.3. The standard InChI is InChI=1S/C40H78N8/c1-33(2)41-21-27-46(28-22-41)37-9-11-38(12-10-37)47-31-25-44(26-32-47)36(6)8-7-35(5)43-17-13-39(14-18-43)45-19-15-40(16-20-45)48-29-23-42(24-30-48)34(3)4/h33-40H,7-32H2,1-6H3/t35-,36?,37?,38?/m0/s1. The molecule has 2 atom stereocenters. The van der Waals surface area contributed by atoms with E-state index in [9.17, 15) is 0 Å². The Morgan fingerprint density at radius 1 is 0.312 bits per heavy atom. The second-order valence-corrected chi connectivity index (χ2v) is 17.7. The molecule has 6 aliphatic rings. The zero-order chi connectivity index (χ0) is 33.6. The number of hydrogen-bond donors (Lipinski definition) is 0. The maximum Gasteiger partial charge on any atom is 0.0121 e. The summed E-state index contributed by atoms with van der Waals surface area (Å²) in [5.74, 6) is 0. The van der Waals surface area contributed by atoms with Crippen molar-refractivity contribution in [2.45, 2.75) is 154 Å². The van der Waals surface area contributed by atoms with Crippen molar-refractivity contribution in [2.24, 2.45) is 0 Å². The quantitative estimate of drug-likeness (QED) is 0.318. The number of likely N-dealkylation sites (tertiary alicyclic amines) is 2. The van der Waals surface area contributed by atoms with Gasteiger partial charge in [0, 0.05) is 127 Å². The van der Waals surface area contributed by atoms with Gasteiger partial charge in [0.05, 0.1) is 0 Å². The Balaban J connectivity index is 0.818. The summed E-state index contributed by atoms with van der Waals surface area (Å²) in [6.07, 6.45) is 14.0. The first-order chi connectivity index (χ1) is 23.2. The van der Waals surface area contributed by atoms with E-state index in [1.807, 2.05) is 0 Å². The first kappa shape index (κ1) is 37.4. The highest BCUT2D eigenvalue weighted by molar-refractivity contribution is 4.91. The summed E-state index contributed by atoms with van der Waals surface area (Å²) in [6, 6.07) is 6.22. The number of nitrogens with zero attached hydrogens (tertiary/aromatic N) is 8. The second kappa shape index (κ2) is 17.9. The van der Waals surface area contributed by atoms with Crippen LogP contribution in [0.4, 0.5) is 0 Å². The summed E-state index contributed by atoms with van der Waals surface area (Å²) < 4.78 is 0. The Hall–Kier alpha value is -0.320. The molecule has 1 saturated carbocycles. The molecule has 0 aromatic heterocycles. The Labute approximate surface area is 297 Å². The zero-order valence-electron chi connectivity index (χ0n) is 32.6. The van der Waals surface area contributed by atoms with Crippen molar-refractivity contribution in [1.82, 2.24) is 39.2 Å². The third-order valence-electron chi connectivity index (χ3n) is 14.5. The van der Waals surface area contributed by atoms with Crippen LogP contribution in [0.5, 0.6) is 0 Å². The van der Waals surface area contributed by atoms with Crippen LogP contribution in [0.2, 0.25) is 0 Å². The third-order valence-corrected chi connectivity index (χ3v) is 14.5. The average molecular weight is 671 g/mol. The summed E-state index contributed by atoms with van der Waals surface area (Å²) in [5, 5.41) is 0. The van der Waals surface area contributed by atoms with E-state index in [1.165, 1.54) is 169 Å². The van der Waals surface area contributed by atoms with E-state index in [0.717, 1.165) is 36.3 Å². The minimum absolute atomic E-state index is 0.703. The summed E-state index contributed by atoms with van der Waals surface area (Å²) in [7, 11) is 0. The molecule has 0 amide bonds. The number of rotatable bonds is 11. The summed E-state index contributed by atoms with van der Waals surface area (Å²) in [5.41, 5.74) is 0. The number of hydrogen-bond acceptors (Lipinski definition) is 8. The van der Waals surface area contributed by atoms with Crippen LogP contribution in [-0.4, -0.2) is 192 Å². The molecular weight excluding hydrogens is 592 g/mol. The van der Waals surface area contributed by atoms with Gasteiger partial charge in [0.25, 0.3) is 0 Å². The van der Waals surface area contributed by atoms with E-state index in [4.69, 9.17) is 0 Å². The maximum atomic E-state index is 2.88. The van der Waals surface area contributed by atoms with Crippen LogP contribution in [0, 0.1) is 0 Å². The van der Waals surface area contributed by atoms with Crippen molar-refractivity contribution >= 4 is 0 Å². The van der Waals surface area contributed by atoms with Crippen LogP contribution in [0.3, 0.4) is 0 Å². The number of piperidine rings is 2. The molecule has 0 aromatic rings. The van der Waals surface area contributed by atoms with Crippen LogP contribution in [0.25, 0.3) is 0 Å². The van der Waals surface area contributed by atoms with Gasteiger partial charge in [-0.05, 0) is 132 Å². The first-order valence-corrected chi connectivity index (χ1v) is 21.2. The largest absolute Gasteiger partial charge is 0.301 e. The lowest BCUT2D eigenvalue weighted by Gasteiger charge is -2.47. The fraction of sp³-hybridized carbons (Fsp3) is 1.00. The van der Waals surface area contributed by atoms with Crippen molar-refractivity contribution in [2.75, 3.05) is 105 Å². The van der Waals surface area contributed by atoms with E-state index in [1.54, 1.807) is 0 Å². The molecule has 6 rings (SSSR count). The van der Waals surface area contributed by atoms with Gasteiger partial charge in [-0.15, -0.1) is 0 Å². The molecule has 5 aliphatic heterocycles. The molecule has 0 radical (unpaired) electrons. The van der Waals surface area contributed by atoms with Crippen LogP contribution in [-0.2, 0) is 0 Å². The zero-order valence-corrected chi connectivity index (χ0v) is 32.6. The topological polar surface area (TPSA) is 25.9 Å². The van der Waals surface area contributed by atoms with Crippen molar-refractivity contribution in [3.8, 4) is 0 Å². The Morgan fingerprint density at radius 2 is 0.583 bits per heavy atom. The van der Waals surface area contributed by atoms with Gasteiger partial charge in [-0.1, -0.05) is 0 Å². The lowest BCUT2D eigenvalue weighted by molar-refractivity contribution is 0.0208. The fourth-order valence-electron chi connectivity index (χ4n) is 10.7. The molecular formula is C40H78N8. The van der Waals surface area contributed by atoms with Gasteiger partial charge in [-0.2, -0.15) is 0 Å². The van der Waals surface area contributed by atoms with E-state index in [0.29, 0.717) is 12.1 Å². The predicted molar refractivity (Wildman–Crippen MR) is 203 cm³/mol. The van der Waals surface area contributed by atoms with Gasteiger partial charge in [0.2, 0.25) is 0 Å². The summed E-state index contributed by atoms with van der Waals surface area (Å²) >= 11 is 0. The van der Waals surface area contributed by atoms with Gasteiger partial charge in [0.1, 0.15) is 0 Å². The van der Waals surface area contributed by atoms with Crippen molar-refractivity contribution in [3.05, 3.63) is 0 Å². The normalized spacial score (nSPS) is 32.0. The van der Waals surface area contributed by atoms with E-state index in [-0.39, 0.29) is 0 Å².